The first kappa shape index (κ1) is 8.96. The largest absolute Gasteiger partial charge is 0.394 e. The molecule has 1 aromatic heterocycles. The van der Waals surface area contributed by atoms with E-state index in [0.29, 0.717) is 5.82 Å². The van der Waals surface area contributed by atoms with Gasteiger partial charge >= 0.3 is 0 Å². The molecule has 12 heavy (non-hydrogen) atoms. The second-order valence-corrected chi connectivity index (χ2v) is 3.04. The van der Waals surface area contributed by atoms with E-state index < -0.39 is 5.54 Å². The molecule has 4 heteroatoms. The summed E-state index contributed by atoms with van der Waals surface area (Å²) in [6.07, 6.45) is 1.57. The molecule has 0 aromatic carbocycles. The molecule has 0 unspecified atom stereocenters. The Hall–Kier alpha value is -1.13. The summed E-state index contributed by atoms with van der Waals surface area (Å²) in [6.45, 7) is 1.62. The number of hydrogen-bond donors (Lipinski definition) is 3. The van der Waals surface area contributed by atoms with Gasteiger partial charge in [-0.25, -0.2) is 4.98 Å². The lowest BCUT2D eigenvalue weighted by atomic mass is 9.95. The summed E-state index contributed by atoms with van der Waals surface area (Å²) in [5.41, 5.74) is 11.3. The van der Waals surface area contributed by atoms with Gasteiger partial charge in [-0.05, 0) is 24.6 Å². The lowest BCUT2D eigenvalue weighted by Gasteiger charge is -2.21. The summed E-state index contributed by atoms with van der Waals surface area (Å²) in [4.78, 5) is 3.83. The predicted octanol–water partition coefficient (Wildman–Crippen LogP) is -0.170. The fourth-order valence-corrected chi connectivity index (χ4v) is 0.895. The number of pyridine rings is 1. The van der Waals surface area contributed by atoms with Crippen LogP contribution in [0.25, 0.3) is 0 Å². The van der Waals surface area contributed by atoms with Crippen molar-refractivity contribution >= 4 is 5.82 Å². The van der Waals surface area contributed by atoms with Gasteiger partial charge in [-0.1, -0.05) is 0 Å². The molecular weight excluding hydrogens is 154 g/mol. The van der Waals surface area contributed by atoms with Gasteiger partial charge in [0.05, 0.1) is 12.1 Å². The molecule has 1 rings (SSSR count). The predicted molar refractivity (Wildman–Crippen MR) is 47.3 cm³/mol. The molecule has 1 heterocycles. The van der Waals surface area contributed by atoms with Crippen molar-refractivity contribution in [1.82, 2.24) is 4.98 Å². The fraction of sp³-hybridized carbons (Fsp3) is 0.375. The summed E-state index contributed by atoms with van der Waals surface area (Å²) in [5, 5.41) is 8.95. The van der Waals surface area contributed by atoms with Crippen LogP contribution < -0.4 is 11.5 Å². The molecule has 0 spiro atoms. The number of hydrogen-bond acceptors (Lipinski definition) is 4. The lowest BCUT2D eigenvalue weighted by Crippen LogP contribution is -2.37. The highest BCUT2D eigenvalue weighted by atomic mass is 16.3. The van der Waals surface area contributed by atoms with Crippen molar-refractivity contribution in [3.63, 3.8) is 0 Å². The van der Waals surface area contributed by atoms with E-state index in [-0.39, 0.29) is 6.61 Å². The van der Waals surface area contributed by atoms with E-state index in [2.05, 4.69) is 4.98 Å². The van der Waals surface area contributed by atoms with Crippen LogP contribution in [-0.2, 0) is 5.54 Å². The molecule has 4 nitrogen and oxygen atoms in total. The Morgan fingerprint density at radius 2 is 2.33 bits per heavy atom. The SMILES string of the molecule is C[C@@](N)(CO)c1ccnc(N)c1. The average Bonchev–Trinajstić information content (AvgIpc) is 2.05. The summed E-state index contributed by atoms with van der Waals surface area (Å²) in [6, 6.07) is 3.41. The fourth-order valence-electron chi connectivity index (χ4n) is 0.895. The highest BCUT2D eigenvalue weighted by Crippen LogP contribution is 2.17. The molecule has 0 aliphatic carbocycles. The minimum Gasteiger partial charge on any atom is -0.394 e. The number of aliphatic hydroxyl groups excluding tert-OH is 1. The first-order valence-corrected chi connectivity index (χ1v) is 3.68. The topological polar surface area (TPSA) is 85.2 Å². The number of nitrogens with two attached hydrogens (primary N) is 2. The number of rotatable bonds is 2. The Morgan fingerprint density at radius 3 is 2.83 bits per heavy atom. The van der Waals surface area contributed by atoms with E-state index in [1.807, 2.05) is 0 Å². The second kappa shape index (κ2) is 3.08. The van der Waals surface area contributed by atoms with Crippen LogP contribution >= 0.6 is 0 Å². The minimum absolute atomic E-state index is 0.115. The van der Waals surface area contributed by atoms with Crippen LogP contribution in [0.15, 0.2) is 18.3 Å². The maximum atomic E-state index is 8.95. The summed E-state index contributed by atoms with van der Waals surface area (Å²) >= 11 is 0. The van der Waals surface area contributed by atoms with Crippen LogP contribution in [-0.4, -0.2) is 16.7 Å². The van der Waals surface area contributed by atoms with Crippen molar-refractivity contribution in [3.8, 4) is 0 Å². The Balaban J connectivity index is 3.03. The molecule has 5 N–H and O–H groups in total. The Morgan fingerprint density at radius 1 is 1.67 bits per heavy atom. The van der Waals surface area contributed by atoms with E-state index in [4.69, 9.17) is 16.6 Å². The number of aromatic nitrogens is 1. The first-order chi connectivity index (χ1) is 5.56. The van der Waals surface area contributed by atoms with E-state index in [0.717, 1.165) is 5.56 Å². The quantitative estimate of drug-likeness (QED) is 0.571. The maximum absolute atomic E-state index is 8.95. The third-order valence-electron chi connectivity index (χ3n) is 1.77. The smallest absolute Gasteiger partial charge is 0.123 e. The molecule has 1 atom stereocenters. The first-order valence-electron chi connectivity index (χ1n) is 3.68. The molecule has 0 saturated heterocycles. The normalized spacial score (nSPS) is 15.6. The Bertz CT molecular complexity index is 273. The van der Waals surface area contributed by atoms with Crippen molar-refractivity contribution in [1.29, 1.82) is 0 Å². The Kier molecular flexibility index (Phi) is 2.30. The van der Waals surface area contributed by atoms with Gasteiger partial charge in [-0.3, -0.25) is 0 Å². The third-order valence-corrected chi connectivity index (χ3v) is 1.77. The van der Waals surface area contributed by atoms with Crippen LogP contribution in [0, 0.1) is 0 Å². The molecule has 0 bridgehead atoms. The van der Waals surface area contributed by atoms with Crippen LogP contribution in [0.3, 0.4) is 0 Å². The van der Waals surface area contributed by atoms with Crippen molar-refractivity contribution in [2.45, 2.75) is 12.5 Å². The van der Waals surface area contributed by atoms with Crippen LogP contribution in [0.2, 0.25) is 0 Å². The summed E-state index contributed by atoms with van der Waals surface area (Å²) in [5.74, 6) is 0.414. The van der Waals surface area contributed by atoms with Crippen molar-refractivity contribution in [2.75, 3.05) is 12.3 Å². The number of nitrogen functional groups attached to an aromatic ring is 1. The number of aliphatic hydroxyl groups is 1. The van der Waals surface area contributed by atoms with E-state index in [9.17, 15) is 0 Å². The van der Waals surface area contributed by atoms with Gasteiger partial charge in [0, 0.05) is 6.20 Å². The molecule has 0 fully saturated rings. The van der Waals surface area contributed by atoms with Gasteiger partial charge in [0.25, 0.3) is 0 Å². The number of nitrogens with zero attached hydrogens (tertiary/aromatic N) is 1. The lowest BCUT2D eigenvalue weighted by molar-refractivity contribution is 0.210. The second-order valence-electron chi connectivity index (χ2n) is 3.04. The third kappa shape index (κ3) is 1.72. The van der Waals surface area contributed by atoms with E-state index in [1.54, 1.807) is 25.3 Å². The van der Waals surface area contributed by atoms with Gasteiger partial charge < -0.3 is 16.6 Å². The molecule has 0 radical (unpaired) electrons. The number of anilines is 1. The van der Waals surface area contributed by atoms with Gasteiger partial charge in [0.2, 0.25) is 0 Å². The van der Waals surface area contributed by atoms with E-state index >= 15 is 0 Å². The van der Waals surface area contributed by atoms with Gasteiger partial charge in [0.15, 0.2) is 0 Å². The summed E-state index contributed by atoms with van der Waals surface area (Å²) in [7, 11) is 0. The molecule has 0 saturated carbocycles. The molecule has 0 aliphatic heterocycles. The van der Waals surface area contributed by atoms with Crippen LogP contribution in [0.1, 0.15) is 12.5 Å². The molecule has 66 valence electrons. The zero-order chi connectivity index (χ0) is 9.19. The maximum Gasteiger partial charge on any atom is 0.123 e. The molecule has 0 amide bonds. The van der Waals surface area contributed by atoms with Crippen LogP contribution in [0.4, 0.5) is 5.82 Å². The minimum atomic E-state index is -0.739. The van der Waals surface area contributed by atoms with E-state index in [1.165, 1.54) is 0 Å². The van der Waals surface area contributed by atoms with Gasteiger partial charge in [0.1, 0.15) is 5.82 Å². The van der Waals surface area contributed by atoms with Gasteiger partial charge in [-0.15, -0.1) is 0 Å². The Labute approximate surface area is 71.2 Å². The zero-order valence-electron chi connectivity index (χ0n) is 6.99. The molecular formula is C8H13N3O. The molecule has 1 aromatic rings. The van der Waals surface area contributed by atoms with Crippen molar-refractivity contribution < 1.29 is 5.11 Å². The van der Waals surface area contributed by atoms with Gasteiger partial charge in [-0.2, -0.15) is 0 Å². The molecule has 0 aliphatic rings. The van der Waals surface area contributed by atoms with Crippen LogP contribution in [0.5, 0.6) is 0 Å². The van der Waals surface area contributed by atoms with Crippen molar-refractivity contribution in [2.24, 2.45) is 5.73 Å². The highest BCUT2D eigenvalue weighted by molar-refractivity contribution is 5.35. The average molecular weight is 167 g/mol. The zero-order valence-corrected chi connectivity index (χ0v) is 6.99. The highest BCUT2D eigenvalue weighted by Gasteiger charge is 2.19. The monoisotopic (exact) mass is 167 g/mol. The van der Waals surface area contributed by atoms with Crippen molar-refractivity contribution in [3.05, 3.63) is 23.9 Å². The summed E-state index contributed by atoms with van der Waals surface area (Å²) < 4.78 is 0. The standard InChI is InChI=1S/C8H13N3O/c1-8(10,5-12)6-2-3-11-7(9)4-6/h2-4,12H,5,10H2,1H3,(H2,9,11)/t8-/m1/s1.